The Hall–Kier alpha value is -2.81. The summed E-state index contributed by atoms with van der Waals surface area (Å²) in [6.45, 7) is 2.53. The minimum absolute atomic E-state index is 0.0487. The molecule has 0 radical (unpaired) electrons. The molecule has 0 saturated carbocycles. The van der Waals surface area contributed by atoms with E-state index in [9.17, 15) is 18.0 Å². The Labute approximate surface area is 171 Å². The number of halogens is 3. The summed E-state index contributed by atoms with van der Waals surface area (Å²) >= 11 is 5.18. The molecule has 3 rings (SSSR count). The van der Waals surface area contributed by atoms with Crippen molar-refractivity contribution in [3.05, 3.63) is 59.2 Å². The highest BCUT2D eigenvalue weighted by Gasteiger charge is 2.31. The molecule has 1 aromatic heterocycles. The van der Waals surface area contributed by atoms with Crippen LogP contribution in [0.25, 0.3) is 6.08 Å². The van der Waals surface area contributed by atoms with Crippen LogP contribution in [0.1, 0.15) is 36.8 Å². The van der Waals surface area contributed by atoms with Gasteiger partial charge in [0.15, 0.2) is 5.11 Å². The number of hydrogen-bond acceptors (Lipinski definition) is 4. The number of ether oxygens (including phenoxy) is 1. The average Bonchev–Trinajstić information content (AvgIpc) is 3.23. The van der Waals surface area contributed by atoms with E-state index in [1.54, 1.807) is 12.1 Å². The Balaban J connectivity index is 1.64. The minimum atomic E-state index is -4.43. The van der Waals surface area contributed by atoms with E-state index < -0.39 is 11.7 Å². The van der Waals surface area contributed by atoms with Crippen LogP contribution in [-0.2, 0) is 17.6 Å². The number of hydrogen-bond donors (Lipinski definition) is 1. The maximum atomic E-state index is 12.8. The molecule has 0 bridgehead atoms. The Morgan fingerprint density at radius 1 is 1.28 bits per heavy atom. The zero-order valence-corrected chi connectivity index (χ0v) is 16.4. The number of nitrogens with zero attached hydrogens (tertiary/aromatic N) is 1. The van der Waals surface area contributed by atoms with Crippen LogP contribution in [0.2, 0.25) is 0 Å². The molecule has 1 amide bonds. The molecule has 154 valence electrons. The van der Waals surface area contributed by atoms with Crippen molar-refractivity contribution in [2.24, 2.45) is 0 Å². The van der Waals surface area contributed by atoms with Crippen molar-refractivity contribution in [3.63, 3.8) is 0 Å². The van der Waals surface area contributed by atoms with E-state index in [4.69, 9.17) is 21.4 Å². The lowest BCUT2D eigenvalue weighted by Crippen LogP contribution is -2.31. The van der Waals surface area contributed by atoms with Crippen molar-refractivity contribution in [2.75, 3.05) is 6.54 Å². The molecule has 0 atom stereocenters. The first kappa shape index (κ1) is 20.9. The first-order chi connectivity index (χ1) is 13.8. The summed E-state index contributed by atoms with van der Waals surface area (Å²) in [6, 6.07) is 7.90. The number of carbonyl (C=O) groups excluding carboxylic acids is 1. The smallest absolute Gasteiger partial charge is 0.416 e. The van der Waals surface area contributed by atoms with Gasteiger partial charge >= 0.3 is 6.18 Å². The molecule has 2 aromatic rings. The van der Waals surface area contributed by atoms with Crippen molar-refractivity contribution >= 4 is 29.3 Å². The molecule has 1 aliphatic heterocycles. The standard InChI is InChI=1S/C20H19F3N2O3S/c1-2-3-9-25-18(26)17(24-19(25)29)11-15-7-8-16(28-15)12-27-14-6-4-5-13(10-14)20(21,22)23/h4-8,10-11H,2-3,9,12H2,1H3,(H,24,29)/b17-11+. The lowest BCUT2D eigenvalue weighted by atomic mass is 10.2. The third-order valence-corrected chi connectivity index (χ3v) is 4.53. The van der Waals surface area contributed by atoms with Gasteiger partial charge in [0.05, 0.1) is 5.56 Å². The van der Waals surface area contributed by atoms with Gasteiger partial charge in [-0.2, -0.15) is 13.2 Å². The zero-order valence-electron chi connectivity index (χ0n) is 15.6. The van der Waals surface area contributed by atoms with Crippen LogP contribution < -0.4 is 10.1 Å². The van der Waals surface area contributed by atoms with Gasteiger partial charge in [0, 0.05) is 12.6 Å². The van der Waals surface area contributed by atoms with Gasteiger partial charge < -0.3 is 14.5 Å². The van der Waals surface area contributed by atoms with Crippen LogP contribution in [0.4, 0.5) is 13.2 Å². The lowest BCUT2D eigenvalue weighted by Gasteiger charge is -2.12. The molecule has 5 nitrogen and oxygen atoms in total. The van der Waals surface area contributed by atoms with Gasteiger partial charge in [-0.3, -0.25) is 9.69 Å². The number of alkyl halides is 3. The first-order valence-electron chi connectivity index (χ1n) is 9.01. The summed E-state index contributed by atoms with van der Waals surface area (Å²) in [5.41, 5.74) is -0.472. The fraction of sp³-hybridized carbons (Fsp3) is 0.300. The van der Waals surface area contributed by atoms with Crippen molar-refractivity contribution in [3.8, 4) is 5.75 Å². The molecule has 1 aromatic carbocycles. The number of benzene rings is 1. The summed E-state index contributed by atoms with van der Waals surface area (Å²) in [4.78, 5) is 13.9. The Morgan fingerprint density at radius 3 is 2.79 bits per heavy atom. The lowest BCUT2D eigenvalue weighted by molar-refractivity contribution is -0.137. The van der Waals surface area contributed by atoms with Crippen LogP contribution in [-0.4, -0.2) is 22.5 Å². The van der Waals surface area contributed by atoms with E-state index in [1.165, 1.54) is 23.1 Å². The predicted octanol–water partition coefficient (Wildman–Crippen LogP) is 4.74. The summed E-state index contributed by atoms with van der Waals surface area (Å²) in [6.07, 6.45) is -1.11. The van der Waals surface area contributed by atoms with Gasteiger partial charge in [0.25, 0.3) is 5.91 Å². The van der Waals surface area contributed by atoms with E-state index in [2.05, 4.69) is 5.32 Å². The quantitative estimate of drug-likeness (QED) is 0.514. The van der Waals surface area contributed by atoms with Crippen LogP contribution >= 0.6 is 12.2 Å². The van der Waals surface area contributed by atoms with Crippen molar-refractivity contribution < 1.29 is 27.1 Å². The predicted molar refractivity (Wildman–Crippen MR) is 105 cm³/mol. The van der Waals surface area contributed by atoms with Gasteiger partial charge in [0.2, 0.25) is 0 Å². The first-order valence-corrected chi connectivity index (χ1v) is 9.42. The van der Waals surface area contributed by atoms with E-state index >= 15 is 0 Å². The summed E-state index contributed by atoms with van der Waals surface area (Å²) in [5.74, 6) is 0.677. The van der Waals surface area contributed by atoms with Gasteiger partial charge in [-0.05, 0) is 49.0 Å². The number of furan rings is 1. The number of unbranched alkanes of at least 4 members (excludes halogenated alkanes) is 1. The number of carbonyl (C=O) groups is 1. The molecule has 1 saturated heterocycles. The molecule has 9 heteroatoms. The Morgan fingerprint density at radius 2 is 2.07 bits per heavy atom. The van der Waals surface area contributed by atoms with E-state index in [0.29, 0.717) is 28.9 Å². The second-order valence-corrected chi connectivity index (χ2v) is 6.80. The molecule has 1 aliphatic rings. The molecule has 0 unspecified atom stereocenters. The molecule has 29 heavy (non-hydrogen) atoms. The van der Waals surface area contributed by atoms with Gasteiger partial charge in [-0.25, -0.2) is 0 Å². The van der Waals surface area contributed by atoms with Crippen LogP contribution in [0.15, 0.2) is 46.5 Å². The van der Waals surface area contributed by atoms with Crippen molar-refractivity contribution in [1.29, 1.82) is 0 Å². The molecule has 0 spiro atoms. The third-order valence-electron chi connectivity index (χ3n) is 4.21. The largest absolute Gasteiger partial charge is 0.486 e. The second-order valence-electron chi connectivity index (χ2n) is 6.42. The molecule has 1 N–H and O–H groups in total. The van der Waals surface area contributed by atoms with Gasteiger partial charge in [-0.1, -0.05) is 19.4 Å². The van der Waals surface area contributed by atoms with Gasteiger partial charge in [-0.15, -0.1) is 0 Å². The minimum Gasteiger partial charge on any atom is -0.486 e. The molecule has 0 aliphatic carbocycles. The summed E-state index contributed by atoms with van der Waals surface area (Å²) in [5, 5.41) is 3.23. The fourth-order valence-electron chi connectivity index (χ4n) is 2.70. The van der Waals surface area contributed by atoms with Crippen molar-refractivity contribution in [1.82, 2.24) is 10.2 Å². The molecule has 2 heterocycles. The van der Waals surface area contributed by atoms with E-state index in [0.717, 1.165) is 25.0 Å². The van der Waals surface area contributed by atoms with Crippen LogP contribution in [0.3, 0.4) is 0 Å². The molecular formula is C20H19F3N2O3S. The number of nitrogens with one attached hydrogen (secondary N) is 1. The van der Waals surface area contributed by atoms with E-state index in [1.807, 2.05) is 6.92 Å². The third kappa shape index (κ3) is 5.17. The molecular weight excluding hydrogens is 405 g/mol. The Kier molecular flexibility index (Phi) is 6.26. The normalized spacial score (nSPS) is 15.9. The topological polar surface area (TPSA) is 54.7 Å². The molecule has 1 fully saturated rings. The van der Waals surface area contributed by atoms with Crippen molar-refractivity contribution in [2.45, 2.75) is 32.5 Å². The highest BCUT2D eigenvalue weighted by molar-refractivity contribution is 7.80. The number of rotatable bonds is 7. The highest BCUT2D eigenvalue weighted by Crippen LogP contribution is 2.31. The monoisotopic (exact) mass is 424 g/mol. The second kappa shape index (κ2) is 8.69. The summed E-state index contributed by atoms with van der Waals surface area (Å²) < 4.78 is 49.2. The van der Waals surface area contributed by atoms with Crippen LogP contribution in [0, 0.1) is 0 Å². The van der Waals surface area contributed by atoms with E-state index in [-0.39, 0.29) is 18.3 Å². The average molecular weight is 424 g/mol. The maximum absolute atomic E-state index is 12.8. The zero-order chi connectivity index (χ0) is 21.0. The maximum Gasteiger partial charge on any atom is 0.416 e. The fourth-order valence-corrected chi connectivity index (χ4v) is 2.98. The Bertz CT molecular complexity index is 937. The number of amides is 1. The van der Waals surface area contributed by atoms with Crippen LogP contribution in [0.5, 0.6) is 5.75 Å². The van der Waals surface area contributed by atoms with Gasteiger partial charge in [0.1, 0.15) is 29.6 Å². The summed E-state index contributed by atoms with van der Waals surface area (Å²) in [7, 11) is 0. The highest BCUT2D eigenvalue weighted by atomic mass is 32.1. The SMILES string of the molecule is CCCCN1C(=O)/C(=C\c2ccc(COc3cccc(C(F)(F)F)c3)o2)NC1=S. The number of thiocarbonyl (C=S) groups is 1.